The molecule has 0 unspecified atom stereocenters. The van der Waals surface area contributed by atoms with Crippen LogP contribution in [0.5, 0.6) is 0 Å². The first kappa shape index (κ1) is 21.7. The molecule has 0 bridgehead atoms. The zero-order valence-corrected chi connectivity index (χ0v) is 16.8. The summed E-state index contributed by atoms with van der Waals surface area (Å²) in [6.45, 7) is 1.57. The lowest BCUT2D eigenvalue weighted by atomic mass is 9.85. The minimum Gasteiger partial charge on any atom is -0.357 e. The molecule has 2 aromatic heterocycles. The molecule has 1 aliphatic carbocycles. The van der Waals surface area contributed by atoms with Gasteiger partial charge in [-0.2, -0.15) is 28.1 Å². The maximum Gasteiger partial charge on any atom is 0.418 e. The van der Waals surface area contributed by atoms with Gasteiger partial charge in [-0.05, 0) is 37.8 Å². The Kier molecular flexibility index (Phi) is 6.68. The van der Waals surface area contributed by atoms with Crippen LogP contribution in [0.4, 0.5) is 25.1 Å². The van der Waals surface area contributed by atoms with Crippen LogP contribution < -0.4 is 16.0 Å². The molecule has 2 heterocycles. The zero-order chi connectivity index (χ0) is 21.7. The van der Waals surface area contributed by atoms with Crippen LogP contribution in [0, 0.1) is 12.8 Å². The molecule has 1 fully saturated rings. The number of nitrogens with one attached hydrogen (secondary N) is 3. The monoisotopic (exact) mass is 423 g/mol. The van der Waals surface area contributed by atoms with Crippen molar-refractivity contribution in [2.45, 2.75) is 51.4 Å². The van der Waals surface area contributed by atoms with Crippen molar-refractivity contribution in [2.75, 3.05) is 17.7 Å². The van der Waals surface area contributed by atoms with Crippen molar-refractivity contribution in [3.05, 3.63) is 35.4 Å². The van der Waals surface area contributed by atoms with Gasteiger partial charge in [0.15, 0.2) is 0 Å². The maximum absolute atomic E-state index is 13.1. The van der Waals surface area contributed by atoms with E-state index in [4.69, 9.17) is 0 Å². The first-order valence-electron chi connectivity index (χ1n) is 9.71. The normalized spacial score (nSPS) is 19.2. The van der Waals surface area contributed by atoms with E-state index in [1.807, 2.05) is 0 Å². The molecule has 0 saturated heterocycles. The first-order valence-corrected chi connectivity index (χ1v) is 9.71. The summed E-state index contributed by atoms with van der Waals surface area (Å²) in [4.78, 5) is 28.8. The van der Waals surface area contributed by atoms with E-state index in [1.165, 1.54) is 12.3 Å². The van der Waals surface area contributed by atoms with Crippen LogP contribution in [-0.2, 0) is 17.5 Å². The van der Waals surface area contributed by atoms with Crippen LogP contribution in [0.25, 0.3) is 0 Å². The number of carbonyl (C=O) groups is 1. The summed E-state index contributed by atoms with van der Waals surface area (Å²) in [5.74, 6) is 0.908. The SMILES string of the molecule is CNc1nc(C)nc(N[C@H]2CCC[C@@H](C(=O)NCc3ccncc3C(F)(F)F)C2)n1. The van der Waals surface area contributed by atoms with E-state index in [-0.39, 0.29) is 30.0 Å². The van der Waals surface area contributed by atoms with Gasteiger partial charge in [0.1, 0.15) is 5.82 Å². The lowest BCUT2D eigenvalue weighted by Crippen LogP contribution is -2.37. The zero-order valence-electron chi connectivity index (χ0n) is 16.8. The topological polar surface area (TPSA) is 105 Å². The molecule has 8 nitrogen and oxygen atoms in total. The third-order valence-electron chi connectivity index (χ3n) is 5.02. The number of rotatable bonds is 6. The number of amides is 1. The Morgan fingerprint density at radius 3 is 2.70 bits per heavy atom. The van der Waals surface area contributed by atoms with Crippen LogP contribution in [-0.4, -0.2) is 38.9 Å². The molecule has 3 N–H and O–H groups in total. The van der Waals surface area contributed by atoms with Crippen molar-refractivity contribution in [2.24, 2.45) is 5.92 Å². The predicted molar refractivity (Wildman–Crippen MR) is 105 cm³/mol. The molecule has 30 heavy (non-hydrogen) atoms. The Labute approximate surface area is 172 Å². The minimum absolute atomic E-state index is 0.00316. The van der Waals surface area contributed by atoms with Gasteiger partial charge in [0.2, 0.25) is 17.8 Å². The van der Waals surface area contributed by atoms with E-state index in [0.29, 0.717) is 30.6 Å². The average molecular weight is 423 g/mol. The molecular formula is C19H24F3N7O. The molecule has 2 atom stereocenters. The van der Waals surface area contributed by atoms with Gasteiger partial charge in [-0.1, -0.05) is 6.42 Å². The van der Waals surface area contributed by atoms with E-state index >= 15 is 0 Å². The van der Waals surface area contributed by atoms with Gasteiger partial charge in [-0.25, -0.2) is 0 Å². The summed E-state index contributed by atoms with van der Waals surface area (Å²) < 4.78 is 39.3. The summed E-state index contributed by atoms with van der Waals surface area (Å²) in [6, 6.07) is 1.27. The fourth-order valence-corrected chi connectivity index (χ4v) is 3.56. The lowest BCUT2D eigenvalue weighted by molar-refractivity contribution is -0.138. The Balaban J connectivity index is 1.59. The van der Waals surface area contributed by atoms with Gasteiger partial charge in [-0.15, -0.1) is 0 Å². The Morgan fingerprint density at radius 2 is 1.97 bits per heavy atom. The summed E-state index contributed by atoms with van der Waals surface area (Å²) in [7, 11) is 1.71. The smallest absolute Gasteiger partial charge is 0.357 e. The summed E-state index contributed by atoms with van der Waals surface area (Å²) in [5.41, 5.74) is -0.837. The van der Waals surface area contributed by atoms with Crippen molar-refractivity contribution < 1.29 is 18.0 Å². The summed E-state index contributed by atoms with van der Waals surface area (Å²) >= 11 is 0. The number of hydrogen-bond acceptors (Lipinski definition) is 7. The van der Waals surface area contributed by atoms with Crippen LogP contribution in [0.3, 0.4) is 0 Å². The molecule has 0 radical (unpaired) electrons. The molecule has 11 heteroatoms. The van der Waals surface area contributed by atoms with Gasteiger partial charge in [0.05, 0.1) is 5.56 Å². The Hall–Kier alpha value is -2.98. The quantitative estimate of drug-likeness (QED) is 0.656. The van der Waals surface area contributed by atoms with Crippen molar-refractivity contribution >= 4 is 17.8 Å². The largest absolute Gasteiger partial charge is 0.418 e. The van der Waals surface area contributed by atoms with E-state index in [0.717, 1.165) is 19.0 Å². The van der Waals surface area contributed by atoms with Crippen molar-refractivity contribution in [1.29, 1.82) is 0 Å². The first-order chi connectivity index (χ1) is 14.3. The fraction of sp³-hybridized carbons (Fsp3) is 0.526. The highest BCUT2D eigenvalue weighted by molar-refractivity contribution is 5.78. The Morgan fingerprint density at radius 1 is 1.20 bits per heavy atom. The molecule has 1 amide bonds. The number of aryl methyl sites for hydroxylation is 1. The van der Waals surface area contributed by atoms with Crippen molar-refractivity contribution in [3.8, 4) is 0 Å². The second-order valence-corrected chi connectivity index (χ2v) is 7.23. The highest BCUT2D eigenvalue weighted by atomic mass is 19.4. The van der Waals surface area contributed by atoms with Gasteiger partial charge < -0.3 is 16.0 Å². The van der Waals surface area contributed by atoms with Gasteiger partial charge in [0.25, 0.3) is 0 Å². The van der Waals surface area contributed by atoms with Crippen LogP contribution in [0.1, 0.15) is 42.6 Å². The number of hydrogen-bond donors (Lipinski definition) is 3. The standard InChI is InChI=1S/C19H24F3N7O/c1-11-26-17(23-2)29-18(27-11)28-14-5-3-4-12(8-14)16(30)25-9-13-6-7-24-10-15(13)19(20,21)22/h6-7,10,12,14H,3-5,8-9H2,1-2H3,(H,25,30)(H2,23,26,27,28,29)/t12-,14+/m1/s1. The van der Waals surface area contributed by atoms with Crippen LogP contribution >= 0.6 is 0 Å². The van der Waals surface area contributed by atoms with Crippen LogP contribution in [0.15, 0.2) is 18.5 Å². The third kappa shape index (κ3) is 5.55. The maximum atomic E-state index is 13.1. The second-order valence-electron chi connectivity index (χ2n) is 7.23. The van der Waals surface area contributed by atoms with Crippen molar-refractivity contribution in [3.63, 3.8) is 0 Å². The minimum atomic E-state index is -4.51. The van der Waals surface area contributed by atoms with E-state index in [9.17, 15) is 18.0 Å². The molecular weight excluding hydrogens is 399 g/mol. The van der Waals surface area contributed by atoms with Gasteiger partial charge in [-0.3, -0.25) is 9.78 Å². The molecule has 0 spiro atoms. The number of alkyl halides is 3. The third-order valence-corrected chi connectivity index (χ3v) is 5.02. The molecule has 1 saturated carbocycles. The van der Waals surface area contributed by atoms with E-state index in [2.05, 4.69) is 35.9 Å². The molecule has 1 aliphatic rings. The highest BCUT2D eigenvalue weighted by Crippen LogP contribution is 2.31. The van der Waals surface area contributed by atoms with Gasteiger partial charge in [0, 0.05) is 37.9 Å². The number of anilines is 2. The van der Waals surface area contributed by atoms with Crippen molar-refractivity contribution in [1.82, 2.24) is 25.3 Å². The van der Waals surface area contributed by atoms with Gasteiger partial charge >= 0.3 is 6.18 Å². The molecule has 2 aromatic rings. The molecule has 0 aliphatic heterocycles. The molecule has 0 aromatic carbocycles. The summed E-state index contributed by atoms with van der Waals surface area (Å²) in [6.07, 6.45) is 0.459. The molecule has 162 valence electrons. The number of carbonyl (C=O) groups excluding carboxylic acids is 1. The lowest BCUT2D eigenvalue weighted by Gasteiger charge is -2.29. The number of nitrogens with zero attached hydrogens (tertiary/aromatic N) is 4. The fourth-order valence-electron chi connectivity index (χ4n) is 3.56. The predicted octanol–water partition coefficient (Wildman–Crippen LogP) is 2.92. The Bertz CT molecular complexity index is 891. The average Bonchev–Trinajstić information content (AvgIpc) is 2.71. The highest BCUT2D eigenvalue weighted by Gasteiger charge is 2.34. The number of halogens is 3. The van der Waals surface area contributed by atoms with E-state index < -0.39 is 11.7 Å². The summed E-state index contributed by atoms with van der Waals surface area (Å²) in [5, 5.41) is 8.76. The van der Waals surface area contributed by atoms with E-state index in [1.54, 1.807) is 14.0 Å². The number of pyridine rings is 1. The second kappa shape index (κ2) is 9.23. The van der Waals surface area contributed by atoms with Crippen LogP contribution in [0.2, 0.25) is 0 Å². The number of aromatic nitrogens is 4. The molecule has 3 rings (SSSR count).